The minimum atomic E-state index is -4.52. The molecule has 1 aliphatic rings. The van der Waals surface area contributed by atoms with Crippen molar-refractivity contribution in [3.05, 3.63) is 24.3 Å². The molecular formula is C12H15F2NO3S. The molecule has 0 spiro atoms. The lowest BCUT2D eigenvalue weighted by atomic mass is 10.1. The zero-order chi connectivity index (χ0) is 14.0. The fourth-order valence-electron chi connectivity index (χ4n) is 2.17. The number of anilines is 1. The summed E-state index contributed by atoms with van der Waals surface area (Å²) in [5.41, 5.74) is 0.782. The van der Waals surface area contributed by atoms with Crippen molar-refractivity contribution in [3.8, 4) is 0 Å². The monoisotopic (exact) mass is 291 g/mol. The number of hydrogen-bond acceptors (Lipinski definition) is 4. The van der Waals surface area contributed by atoms with Crippen molar-refractivity contribution >= 4 is 15.5 Å². The Kier molecular flexibility index (Phi) is 4.05. The van der Waals surface area contributed by atoms with Gasteiger partial charge >= 0.3 is 5.76 Å². The van der Waals surface area contributed by atoms with Crippen LogP contribution in [-0.2, 0) is 9.84 Å². The van der Waals surface area contributed by atoms with Gasteiger partial charge in [-0.3, -0.25) is 0 Å². The van der Waals surface area contributed by atoms with Crippen molar-refractivity contribution in [2.75, 3.05) is 24.6 Å². The quantitative estimate of drug-likeness (QED) is 0.913. The Labute approximate surface area is 110 Å². The number of rotatable bonds is 4. The highest BCUT2D eigenvalue weighted by Crippen LogP contribution is 2.26. The van der Waals surface area contributed by atoms with Crippen molar-refractivity contribution in [2.24, 2.45) is 5.92 Å². The summed E-state index contributed by atoms with van der Waals surface area (Å²) in [7, 11) is -4.52. The van der Waals surface area contributed by atoms with Crippen LogP contribution in [0.3, 0.4) is 0 Å². The van der Waals surface area contributed by atoms with E-state index in [1.807, 2.05) is 4.90 Å². The van der Waals surface area contributed by atoms with Gasteiger partial charge in [0.05, 0.1) is 4.90 Å². The van der Waals surface area contributed by atoms with E-state index in [2.05, 4.69) is 0 Å². The highest BCUT2D eigenvalue weighted by molar-refractivity contribution is 7.91. The SMILES string of the molecule is O=S(=O)(c1ccc(N2CCC(CO)C2)cc1)C(F)F. The zero-order valence-corrected chi connectivity index (χ0v) is 11.0. The first-order valence-electron chi connectivity index (χ1n) is 5.93. The van der Waals surface area contributed by atoms with Crippen LogP contribution in [0.1, 0.15) is 6.42 Å². The van der Waals surface area contributed by atoms with E-state index >= 15 is 0 Å². The second-order valence-electron chi connectivity index (χ2n) is 4.58. The molecule has 0 aromatic heterocycles. The largest absolute Gasteiger partial charge is 0.396 e. The average molecular weight is 291 g/mol. The highest BCUT2D eigenvalue weighted by atomic mass is 32.2. The molecule has 1 heterocycles. The van der Waals surface area contributed by atoms with Gasteiger partial charge in [-0.15, -0.1) is 0 Å². The Morgan fingerprint density at radius 1 is 1.32 bits per heavy atom. The first kappa shape index (κ1) is 14.2. The number of nitrogens with zero attached hydrogens (tertiary/aromatic N) is 1. The smallest absolute Gasteiger partial charge is 0.341 e. The summed E-state index contributed by atoms with van der Waals surface area (Å²) in [6.45, 7) is 1.58. The van der Waals surface area contributed by atoms with E-state index in [1.165, 1.54) is 24.3 Å². The van der Waals surface area contributed by atoms with Gasteiger partial charge < -0.3 is 10.0 Å². The maximum atomic E-state index is 12.4. The Hall–Kier alpha value is -1.21. The van der Waals surface area contributed by atoms with Crippen molar-refractivity contribution in [3.63, 3.8) is 0 Å². The standard InChI is InChI=1S/C12H15F2NO3S/c13-12(14)19(17,18)11-3-1-10(2-4-11)15-6-5-9(7-15)8-16/h1-4,9,12,16H,5-8H2. The molecule has 0 amide bonds. The van der Waals surface area contributed by atoms with Gasteiger partial charge in [-0.1, -0.05) is 0 Å². The summed E-state index contributed by atoms with van der Waals surface area (Å²) < 4.78 is 47.3. The summed E-state index contributed by atoms with van der Waals surface area (Å²) in [4.78, 5) is 1.63. The number of halogens is 2. The summed E-state index contributed by atoms with van der Waals surface area (Å²) in [5.74, 6) is -3.19. The van der Waals surface area contributed by atoms with Gasteiger partial charge in [0.2, 0.25) is 9.84 Å². The fourth-order valence-corrected chi connectivity index (χ4v) is 2.89. The molecule has 1 unspecified atom stereocenters. The van der Waals surface area contributed by atoms with Gasteiger partial charge in [0, 0.05) is 31.3 Å². The van der Waals surface area contributed by atoms with Crippen molar-refractivity contribution < 1.29 is 22.3 Å². The average Bonchev–Trinajstić information content (AvgIpc) is 2.87. The van der Waals surface area contributed by atoms with Crippen molar-refractivity contribution in [1.29, 1.82) is 0 Å². The van der Waals surface area contributed by atoms with E-state index in [4.69, 9.17) is 5.11 Å². The van der Waals surface area contributed by atoms with Gasteiger partial charge in [-0.2, -0.15) is 8.78 Å². The van der Waals surface area contributed by atoms with Crippen LogP contribution < -0.4 is 4.90 Å². The first-order chi connectivity index (χ1) is 8.95. The van der Waals surface area contributed by atoms with Crippen LogP contribution in [0.4, 0.5) is 14.5 Å². The molecule has 4 nitrogen and oxygen atoms in total. The van der Waals surface area contributed by atoms with Crippen LogP contribution in [0.2, 0.25) is 0 Å². The van der Waals surface area contributed by atoms with Crippen molar-refractivity contribution in [1.82, 2.24) is 0 Å². The Morgan fingerprint density at radius 2 is 1.95 bits per heavy atom. The first-order valence-corrected chi connectivity index (χ1v) is 7.47. The minimum Gasteiger partial charge on any atom is -0.396 e. The maximum Gasteiger partial charge on any atom is 0.341 e. The lowest BCUT2D eigenvalue weighted by Crippen LogP contribution is -2.20. The molecule has 1 fully saturated rings. The van der Waals surface area contributed by atoms with Gasteiger partial charge in [0.1, 0.15) is 0 Å². The molecule has 19 heavy (non-hydrogen) atoms. The molecule has 0 aliphatic carbocycles. The summed E-state index contributed by atoms with van der Waals surface area (Å²) >= 11 is 0. The molecule has 1 aromatic rings. The summed E-state index contributed by atoms with van der Waals surface area (Å²) in [6, 6.07) is 5.44. The van der Waals surface area contributed by atoms with Crippen LogP contribution in [0.15, 0.2) is 29.2 Å². The lowest BCUT2D eigenvalue weighted by molar-refractivity contribution is 0.234. The predicted molar refractivity (Wildman–Crippen MR) is 67.0 cm³/mol. The zero-order valence-electron chi connectivity index (χ0n) is 10.2. The number of aliphatic hydroxyl groups is 1. The Morgan fingerprint density at radius 3 is 2.42 bits per heavy atom. The van der Waals surface area contributed by atoms with Crippen LogP contribution >= 0.6 is 0 Å². The molecule has 0 bridgehead atoms. The highest BCUT2D eigenvalue weighted by Gasteiger charge is 2.27. The van der Waals surface area contributed by atoms with E-state index in [0.29, 0.717) is 6.54 Å². The molecule has 1 N–H and O–H groups in total. The molecule has 2 rings (SSSR count). The normalized spacial score (nSPS) is 20.2. The summed E-state index contributed by atoms with van der Waals surface area (Å²) in [6.07, 6.45) is 0.869. The fraction of sp³-hybridized carbons (Fsp3) is 0.500. The number of hydrogen-bond donors (Lipinski definition) is 1. The van der Waals surface area contributed by atoms with Gasteiger partial charge in [-0.25, -0.2) is 8.42 Å². The van der Waals surface area contributed by atoms with Gasteiger partial charge in [0.15, 0.2) is 0 Å². The van der Waals surface area contributed by atoms with Crippen LogP contribution in [0, 0.1) is 5.92 Å². The van der Waals surface area contributed by atoms with E-state index in [9.17, 15) is 17.2 Å². The molecule has 0 radical (unpaired) electrons. The third-order valence-corrected chi connectivity index (χ3v) is 4.71. The van der Waals surface area contributed by atoms with E-state index in [1.54, 1.807) is 0 Å². The number of aliphatic hydroxyl groups excluding tert-OH is 1. The molecule has 7 heteroatoms. The van der Waals surface area contributed by atoms with Crippen LogP contribution in [-0.4, -0.2) is 39.0 Å². The van der Waals surface area contributed by atoms with Crippen LogP contribution in [0.25, 0.3) is 0 Å². The van der Waals surface area contributed by atoms with Crippen LogP contribution in [0.5, 0.6) is 0 Å². The molecule has 106 valence electrons. The third-order valence-electron chi connectivity index (χ3n) is 3.31. The molecule has 1 atom stereocenters. The lowest BCUT2D eigenvalue weighted by Gasteiger charge is -2.18. The molecular weight excluding hydrogens is 276 g/mol. The van der Waals surface area contributed by atoms with E-state index in [0.717, 1.165) is 18.7 Å². The minimum absolute atomic E-state index is 0.119. The summed E-state index contributed by atoms with van der Waals surface area (Å²) in [5, 5.41) is 9.05. The Bertz CT molecular complexity index is 530. The second-order valence-corrected chi connectivity index (χ2v) is 6.50. The molecule has 0 saturated carbocycles. The molecule has 1 saturated heterocycles. The predicted octanol–water partition coefficient (Wildman–Crippen LogP) is 1.50. The number of sulfone groups is 1. The topological polar surface area (TPSA) is 57.6 Å². The van der Waals surface area contributed by atoms with E-state index < -0.39 is 15.6 Å². The number of alkyl halides is 2. The number of benzene rings is 1. The van der Waals surface area contributed by atoms with E-state index in [-0.39, 0.29) is 17.4 Å². The van der Waals surface area contributed by atoms with Gasteiger partial charge in [-0.05, 0) is 30.7 Å². The maximum absolute atomic E-state index is 12.4. The molecule has 1 aromatic carbocycles. The third kappa shape index (κ3) is 2.87. The second kappa shape index (κ2) is 5.42. The Balaban J connectivity index is 2.16. The van der Waals surface area contributed by atoms with Gasteiger partial charge in [0.25, 0.3) is 0 Å². The molecule has 1 aliphatic heterocycles. The van der Waals surface area contributed by atoms with Crippen molar-refractivity contribution in [2.45, 2.75) is 17.1 Å².